The molecule has 0 spiro atoms. The average molecular weight is 250 g/mol. The van der Waals surface area contributed by atoms with E-state index in [0.717, 1.165) is 25.1 Å². The number of hydrogen-bond acceptors (Lipinski definition) is 2. The number of ether oxygens (including phenoxy) is 1. The summed E-state index contributed by atoms with van der Waals surface area (Å²) in [4.78, 5) is 2.40. The monoisotopic (exact) mass is 249 g/mol. The Morgan fingerprint density at radius 1 is 1.38 bits per heavy atom. The molecule has 1 aliphatic rings. The number of hydrogen-bond donors (Lipinski definition) is 0. The Bertz CT molecular complexity index is 146. The van der Waals surface area contributed by atoms with Gasteiger partial charge in [0, 0.05) is 25.1 Å². The Kier molecular flexibility index (Phi) is 4.70. The van der Waals surface area contributed by atoms with Gasteiger partial charge in [0.05, 0.1) is 0 Å². The summed E-state index contributed by atoms with van der Waals surface area (Å²) in [6, 6.07) is 0. The molecule has 0 radical (unpaired) electrons. The summed E-state index contributed by atoms with van der Waals surface area (Å²) in [7, 11) is 2.19. The lowest BCUT2D eigenvalue weighted by Crippen LogP contribution is -2.41. The van der Waals surface area contributed by atoms with Crippen LogP contribution in [0.1, 0.15) is 19.8 Å². The van der Waals surface area contributed by atoms with E-state index < -0.39 is 0 Å². The van der Waals surface area contributed by atoms with Crippen molar-refractivity contribution >= 4 is 15.9 Å². The molecule has 1 rings (SSSR count). The third kappa shape index (κ3) is 3.22. The largest absolute Gasteiger partial charge is 0.381 e. The summed E-state index contributed by atoms with van der Waals surface area (Å²) < 4.78 is 5.40. The Labute approximate surface area is 89.8 Å². The molecule has 0 aromatic carbocycles. The molecule has 2 nitrogen and oxygen atoms in total. The van der Waals surface area contributed by atoms with Gasteiger partial charge in [0.15, 0.2) is 0 Å². The second-order valence-electron chi connectivity index (χ2n) is 4.08. The predicted molar refractivity (Wildman–Crippen MR) is 59.5 cm³/mol. The summed E-state index contributed by atoms with van der Waals surface area (Å²) in [5.41, 5.74) is 0.461. The van der Waals surface area contributed by atoms with Crippen LogP contribution in [0.25, 0.3) is 0 Å². The minimum absolute atomic E-state index is 0.461. The Hall–Kier alpha value is 0.400. The molecule has 0 N–H and O–H groups in total. The molecule has 1 fully saturated rings. The molecule has 0 unspecified atom stereocenters. The summed E-state index contributed by atoms with van der Waals surface area (Å²) in [6.07, 6.45) is 2.39. The van der Waals surface area contributed by atoms with Crippen molar-refractivity contribution in [3.8, 4) is 0 Å². The molecule has 0 saturated carbocycles. The van der Waals surface area contributed by atoms with Gasteiger partial charge in [-0.3, -0.25) is 0 Å². The lowest BCUT2D eigenvalue weighted by atomic mass is 9.82. The first-order chi connectivity index (χ1) is 6.22. The van der Waals surface area contributed by atoms with Gasteiger partial charge in [0.2, 0.25) is 0 Å². The van der Waals surface area contributed by atoms with Crippen molar-refractivity contribution in [1.29, 1.82) is 0 Å². The first-order valence-electron chi connectivity index (χ1n) is 5.05. The zero-order valence-corrected chi connectivity index (χ0v) is 10.3. The predicted octanol–water partition coefficient (Wildman–Crippen LogP) is 2.13. The van der Waals surface area contributed by atoms with Crippen LogP contribution in [-0.4, -0.2) is 43.6 Å². The summed E-state index contributed by atoms with van der Waals surface area (Å²) in [6.45, 7) is 6.40. The van der Waals surface area contributed by atoms with Crippen LogP contribution in [0.15, 0.2) is 0 Å². The molecule has 1 saturated heterocycles. The van der Waals surface area contributed by atoms with E-state index in [1.54, 1.807) is 0 Å². The van der Waals surface area contributed by atoms with Crippen LogP contribution in [-0.2, 0) is 4.74 Å². The molecular weight excluding hydrogens is 230 g/mol. The van der Waals surface area contributed by atoms with Crippen LogP contribution in [0.5, 0.6) is 0 Å². The molecule has 13 heavy (non-hydrogen) atoms. The van der Waals surface area contributed by atoms with E-state index in [1.807, 2.05) is 0 Å². The fourth-order valence-corrected chi connectivity index (χ4v) is 2.56. The SMILES string of the molecule is CCN(C)CC1(CBr)CCOCC1. The minimum atomic E-state index is 0.461. The van der Waals surface area contributed by atoms with Crippen LogP contribution in [0.2, 0.25) is 0 Å². The maximum Gasteiger partial charge on any atom is 0.0472 e. The highest BCUT2D eigenvalue weighted by Crippen LogP contribution is 2.33. The molecule has 0 aromatic rings. The standard InChI is InChI=1S/C10H20BrNO/c1-3-12(2)9-10(8-11)4-6-13-7-5-10/h3-9H2,1-2H3. The van der Waals surface area contributed by atoms with Gasteiger partial charge in [-0.15, -0.1) is 0 Å². The van der Waals surface area contributed by atoms with Crippen molar-refractivity contribution in [2.75, 3.05) is 38.7 Å². The lowest BCUT2D eigenvalue weighted by molar-refractivity contribution is 0.0127. The third-order valence-electron chi connectivity index (χ3n) is 2.98. The van der Waals surface area contributed by atoms with Crippen molar-refractivity contribution in [3.05, 3.63) is 0 Å². The van der Waals surface area contributed by atoms with Crippen molar-refractivity contribution in [2.24, 2.45) is 5.41 Å². The zero-order valence-electron chi connectivity index (χ0n) is 8.68. The highest BCUT2D eigenvalue weighted by molar-refractivity contribution is 9.09. The molecule has 0 aliphatic carbocycles. The molecule has 0 amide bonds. The Balaban J connectivity index is 2.47. The fourth-order valence-electron chi connectivity index (χ4n) is 1.82. The number of alkyl halides is 1. The Morgan fingerprint density at radius 3 is 2.46 bits per heavy atom. The number of halogens is 1. The molecule has 1 heterocycles. The summed E-state index contributed by atoms with van der Waals surface area (Å²) in [5.74, 6) is 0. The fraction of sp³-hybridized carbons (Fsp3) is 1.00. The maximum atomic E-state index is 5.40. The second-order valence-corrected chi connectivity index (χ2v) is 4.64. The van der Waals surface area contributed by atoms with Gasteiger partial charge in [-0.05, 0) is 31.8 Å². The van der Waals surface area contributed by atoms with Gasteiger partial charge in [-0.2, -0.15) is 0 Å². The maximum absolute atomic E-state index is 5.40. The smallest absolute Gasteiger partial charge is 0.0472 e. The third-order valence-corrected chi connectivity index (χ3v) is 4.17. The molecule has 0 bridgehead atoms. The van der Waals surface area contributed by atoms with Crippen molar-refractivity contribution in [2.45, 2.75) is 19.8 Å². The van der Waals surface area contributed by atoms with Crippen LogP contribution >= 0.6 is 15.9 Å². The van der Waals surface area contributed by atoms with Gasteiger partial charge in [0.1, 0.15) is 0 Å². The minimum Gasteiger partial charge on any atom is -0.381 e. The van der Waals surface area contributed by atoms with E-state index in [9.17, 15) is 0 Å². The zero-order chi connectivity index (χ0) is 9.73. The lowest BCUT2D eigenvalue weighted by Gasteiger charge is -2.38. The van der Waals surface area contributed by atoms with E-state index in [4.69, 9.17) is 4.74 Å². The topological polar surface area (TPSA) is 12.5 Å². The highest BCUT2D eigenvalue weighted by atomic mass is 79.9. The van der Waals surface area contributed by atoms with E-state index in [0.29, 0.717) is 5.41 Å². The van der Waals surface area contributed by atoms with Gasteiger partial charge in [0.25, 0.3) is 0 Å². The number of nitrogens with zero attached hydrogens (tertiary/aromatic N) is 1. The highest BCUT2D eigenvalue weighted by Gasteiger charge is 2.32. The molecule has 1 aliphatic heterocycles. The van der Waals surface area contributed by atoms with Crippen LogP contribution in [0.4, 0.5) is 0 Å². The van der Waals surface area contributed by atoms with Gasteiger partial charge >= 0.3 is 0 Å². The van der Waals surface area contributed by atoms with Crippen molar-refractivity contribution in [3.63, 3.8) is 0 Å². The molecule has 3 heteroatoms. The first kappa shape index (κ1) is 11.5. The summed E-state index contributed by atoms with van der Waals surface area (Å²) in [5, 5.41) is 1.10. The molecule has 0 aromatic heterocycles. The van der Waals surface area contributed by atoms with Gasteiger partial charge in [-0.25, -0.2) is 0 Å². The van der Waals surface area contributed by atoms with Gasteiger partial charge < -0.3 is 9.64 Å². The van der Waals surface area contributed by atoms with E-state index >= 15 is 0 Å². The van der Waals surface area contributed by atoms with Crippen LogP contribution < -0.4 is 0 Å². The molecular formula is C10H20BrNO. The average Bonchev–Trinajstić information content (AvgIpc) is 2.19. The van der Waals surface area contributed by atoms with E-state index in [-0.39, 0.29) is 0 Å². The summed E-state index contributed by atoms with van der Waals surface area (Å²) >= 11 is 3.64. The van der Waals surface area contributed by atoms with Crippen LogP contribution in [0, 0.1) is 5.41 Å². The van der Waals surface area contributed by atoms with E-state index in [2.05, 4.69) is 34.8 Å². The van der Waals surface area contributed by atoms with Crippen molar-refractivity contribution in [1.82, 2.24) is 4.90 Å². The second kappa shape index (κ2) is 5.32. The normalized spacial score (nSPS) is 22.2. The Morgan fingerprint density at radius 2 is 2.00 bits per heavy atom. The number of rotatable bonds is 4. The quantitative estimate of drug-likeness (QED) is 0.709. The first-order valence-corrected chi connectivity index (χ1v) is 6.17. The van der Waals surface area contributed by atoms with Gasteiger partial charge in [-0.1, -0.05) is 22.9 Å². The van der Waals surface area contributed by atoms with E-state index in [1.165, 1.54) is 19.4 Å². The molecule has 78 valence electrons. The molecule has 0 atom stereocenters. The van der Waals surface area contributed by atoms with Crippen LogP contribution in [0.3, 0.4) is 0 Å². The van der Waals surface area contributed by atoms with Crippen molar-refractivity contribution < 1.29 is 4.74 Å².